The van der Waals surface area contributed by atoms with Crippen molar-refractivity contribution in [1.82, 2.24) is 15.6 Å². The molecule has 2 amide bonds. The second kappa shape index (κ2) is 13.4. The van der Waals surface area contributed by atoms with Crippen LogP contribution >= 0.6 is 23.1 Å². The van der Waals surface area contributed by atoms with E-state index in [0.29, 0.717) is 10.1 Å². The SMILES string of the molecule is CC(C)[C@H](NC(=O)COc1cccc2ccccc12)C(=O)N[C@@H](CC(=O)O)C(=O)CSc1nc2ccccc2s1. The van der Waals surface area contributed by atoms with Crippen LogP contribution in [0, 0.1) is 5.92 Å². The maximum Gasteiger partial charge on any atom is 0.305 e. The maximum absolute atomic E-state index is 13.1. The highest BCUT2D eigenvalue weighted by Gasteiger charge is 2.30. The molecular weight excluding hydrogens is 550 g/mol. The lowest BCUT2D eigenvalue weighted by molar-refractivity contribution is -0.140. The molecule has 0 radical (unpaired) electrons. The summed E-state index contributed by atoms with van der Waals surface area (Å²) in [5.74, 6) is -2.69. The molecule has 0 aliphatic carbocycles. The molecule has 4 rings (SSSR count). The van der Waals surface area contributed by atoms with Crippen LogP contribution in [0.15, 0.2) is 71.1 Å². The first kappa shape index (κ1) is 29.0. The number of carbonyl (C=O) groups excluding carboxylic acids is 3. The Morgan fingerprint density at radius 1 is 0.975 bits per heavy atom. The van der Waals surface area contributed by atoms with E-state index < -0.39 is 42.1 Å². The number of carboxylic acid groups (broad SMARTS) is 1. The summed E-state index contributed by atoms with van der Waals surface area (Å²) in [5.41, 5.74) is 0.817. The normalized spacial score (nSPS) is 12.7. The van der Waals surface area contributed by atoms with Crippen LogP contribution in [0.5, 0.6) is 5.75 Å². The number of benzene rings is 3. The summed E-state index contributed by atoms with van der Waals surface area (Å²) < 4.78 is 7.38. The smallest absolute Gasteiger partial charge is 0.305 e. The van der Waals surface area contributed by atoms with Gasteiger partial charge in [0.1, 0.15) is 11.8 Å². The van der Waals surface area contributed by atoms with Gasteiger partial charge in [0.25, 0.3) is 5.91 Å². The molecule has 40 heavy (non-hydrogen) atoms. The van der Waals surface area contributed by atoms with Crippen molar-refractivity contribution in [3.63, 3.8) is 0 Å². The van der Waals surface area contributed by atoms with E-state index >= 15 is 0 Å². The molecular formula is C29H29N3O6S2. The summed E-state index contributed by atoms with van der Waals surface area (Å²) >= 11 is 2.63. The lowest BCUT2D eigenvalue weighted by Crippen LogP contribution is -2.55. The number of carbonyl (C=O) groups is 4. The number of carboxylic acids is 1. The van der Waals surface area contributed by atoms with Gasteiger partial charge in [-0.05, 0) is 29.5 Å². The summed E-state index contributed by atoms with van der Waals surface area (Å²) in [6.07, 6.45) is -0.575. The Balaban J connectivity index is 1.36. The van der Waals surface area contributed by atoms with Gasteiger partial charge in [0, 0.05) is 5.39 Å². The Hall–Kier alpha value is -3.96. The average molecular weight is 580 g/mol. The van der Waals surface area contributed by atoms with Crippen molar-refractivity contribution in [3.8, 4) is 5.75 Å². The second-order valence-corrected chi connectivity index (χ2v) is 11.7. The van der Waals surface area contributed by atoms with Crippen molar-refractivity contribution in [2.75, 3.05) is 12.4 Å². The van der Waals surface area contributed by atoms with E-state index in [1.807, 2.05) is 60.7 Å². The molecule has 1 aromatic heterocycles. The van der Waals surface area contributed by atoms with Crippen LogP contribution in [0.3, 0.4) is 0 Å². The number of aromatic nitrogens is 1. The number of Topliss-reactive ketones (excluding diaryl/α,β-unsaturated/α-hetero) is 1. The van der Waals surface area contributed by atoms with Crippen molar-refractivity contribution < 1.29 is 29.0 Å². The minimum atomic E-state index is -1.25. The number of thiazole rings is 1. The highest BCUT2D eigenvalue weighted by molar-refractivity contribution is 8.01. The number of amides is 2. The van der Waals surface area contributed by atoms with Gasteiger partial charge in [0.15, 0.2) is 16.7 Å². The topological polar surface area (TPSA) is 135 Å². The largest absolute Gasteiger partial charge is 0.483 e. The van der Waals surface area contributed by atoms with E-state index in [0.717, 1.165) is 21.0 Å². The first-order valence-electron chi connectivity index (χ1n) is 12.6. The summed E-state index contributed by atoms with van der Waals surface area (Å²) in [7, 11) is 0. The summed E-state index contributed by atoms with van der Waals surface area (Å²) in [6, 6.07) is 18.5. The Morgan fingerprint density at radius 2 is 1.70 bits per heavy atom. The van der Waals surface area contributed by atoms with Crippen LogP contribution in [0.25, 0.3) is 21.0 Å². The molecule has 0 aliphatic heterocycles. The first-order valence-corrected chi connectivity index (χ1v) is 14.4. The second-order valence-electron chi connectivity index (χ2n) is 9.42. The molecule has 0 spiro atoms. The Kier molecular flexibility index (Phi) is 9.73. The van der Waals surface area contributed by atoms with Crippen LogP contribution in [0.4, 0.5) is 0 Å². The number of fused-ring (bicyclic) bond motifs is 2. The highest BCUT2D eigenvalue weighted by atomic mass is 32.2. The van der Waals surface area contributed by atoms with Gasteiger partial charge in [-0.3, -0.25) is 19.2 Å². The third-order valence-electron chi connectivity index (χ3n) is 6.07. The quantitative estimate of drug-likeness (QED) is 0.200. The lowest BCUT2D eigenvalue weighted by Gasteiger charge is -2.24. The molecule has 0 unspecified atom stereocenters. The molecule has 3 aromatic carbocycles. The maximum atomic E-state index is 13.1. The average Bonchev–Trinajstić information content (AvgIpc) is 3.35. The predicted molar refractivity (Wildman–Crippen MR) is 156 cm³/mol. The Morgan fingerprint density at radius 3 is 2.45 bits per heavy atom. The number of aliphatic carboxylic acids is 1. The fourth-order valence-corrected chi connectivity index (χ4v) is 6.05. The fourth-order valence-electron chi connectivity index (χ4n) is 4.04. The molecule has 1 heterocycles. The molecule has 2 atom stereocenters. The zero-order chi connectivity index (χ0) is 28.6. The van der Waals surface area contributed by atoms with E-state index in [1.165, 1.54) is 23.1 Å². The Labute approximate surface area is 239 Å². The zero-order valence-corrected chi connectivity index (χ0v) is 23.6. The molecule has 4 aromatic rings. The number of para-hydroxylation sites is 1. The molecule has 3 N–H and O–H groups in total. The summed E-state index contributed by atoms with van der Waals surface area (Å²) in [5, 5.41) is 16.4. The van der Waals surface area contributed by atoms with Crippen LogP contribution in [0.1, 0.15) is 20.3 Å². The summed E-state index contributed by atoms with van der Waals surface area (Å²) in [4.78, 5) is 54.7. The van der Waals surface area contributed by atoms with Crippen molar-refractivity contribution in [3.05, 3.63) is 66.7 Å². The van der Waals surface area contributed by atoms with Gasteiger partial charge in [0.2, 0.25) is 5.91 Å². The van der Waals surface area contributed by atoms with Crippen LogP contribution in [-0.2, 0) is 19.2 Å². The number of nitrogens with one attached hydrogen (secondary N) is 2. The number of hydrogen-bond donors (Lipinski definition) is 3. The van der Waals surface area contributed by atoms with E-state index in [2.05, 4.69) is 15.6 Å². The molecule has 0 saturated heterocycles. The number of ketones is 1. The third kappa shape index (κ3) is 7.57. The van der Waals surface area contributed by atoms with E-state index in [1.54, 1.807) is 19.9 Å². The monoisotopic (exact) mass is 579 g/mol. The molecule has 0 fully saturated rings. The van der Waals surface area contributed by atoms with Gasteiger partial charge in [-0.2, -0.15) is 0 Å². The lowest BCUT2D eigenvalue weighted by atomic mass is 10.0. The number of hydrogen-bond acceptors (Lipinski definition) is 8. The number of ether oxygens (including phenoxy) is 1. The first-order chi connectivity index (χ1) is 19.2. The standard InChI is InChI=1S/C29H29N3O6S2/c1-17(2)27(32-25(34)15-38-23-12-7-9-18-8-3-4-10-19(18)23)28(37)30-21(14-26(35)36)22(33)16-39-29-31-20-11-5-6-13-24(20)40-29/h3-13,17,21,27H,14-16H2,1-2H3,(H,30,37)(H,32,34)(H,35,36)/t21-,27-/m0/s1. The van der Waals surface area contributed by atoms with Gasteiger partial charge >= 0.3 is 5.97 Å². The number of thioether (sulfide) groups is 1. The number of nitrogens with zero attached hydrogens (tertiary/aromatic N) is 1. The van der Waals surface area contributed by atoms with E-state index in [9.17, 15) is 24.3 Å². The number of rotatable bonds is 13. The molecule has 0 bridgehead atoms. The van der Waals surface area contributed by atoms with Crippen LogP contribution < -0.4 is 15.4 Å². The minimum Gasteiger partial charge on any atom is -0.483 e. The zero-order valence-electron chi connectivity index (χ0n) is 22.0. The van der Waals surface area contributed by atoms with Gasteiger partial charge in [-0.25, -0.2) is 4.98 Å². The van der Waals surface area contributed by atoms with Crippen molar-refractivity contribution >= 4 is 67.7 Å². The van der Waals surface area contributed by atoms with Gasteiger partial charge in [-0.1, -0.05) is 74.1 Å². The molecule has 9 nitrogen and oxygen atoms in total. The fraction of sp³-hybridized carbons (Fsp3) is 0.276. The minimum absolute atomic E-state index is 0.0599. The molecule has 11 heteroatoms. The van der Waals surface area contributed by atoms with E-state index in [-0.39, 0.29) is 18.3 Å². The van der Waals surface area contributed by atoms with Crippen LogP contribution in [-0.4, -0.2) is 58.1 Å². The van der Waals surface area contributed by atoms with Crippen molar-refractivity contribution in [2.45, 2.75) is 36.7 Å². The molecule has 208 valence electrons. The van der Waals surface area contributed by atoms with Gasteiger partial charge in [-0.15, -0.1) is 11.3 Å². The molecule has 0 saturated carbocycles. The third-order valence-corrected chi connectivity index (χ3v) is 8.27. The predicted octanol–water partition coefficient (Wildman–Crippen LogP) is 4.29. The van der Waals surface area contributed by atoms with Crippen LogP contribution in [0.2, 0.25) is 0 Å². The molecule has 0 aliphatic rings. The van der Waals surface area contributed by atoms with Crippen molar-refractivity contribution in [1.29, 1.82) is 0 Å². The summed E-state index contributed by atoms with van der Waals surface area (Å²) in [6.45, 7) is 3.17. The van der Waals surface area contributed by atoms with Gasteiger partial charge in [0.05, 0.1) is 28.4 Å². The van der Waals surface area contributed by atoms with Gasteiger partial charge < -0.3 is 20.5 Å². The Bertz CT molecular complexity index is 1500. The van der Waals surface area contributed by atoms with Crippen molar-refractivity contribution in [2.24, 2.45) is 5.92 Å². The van der Waals surface area contributed by atoms with E-state index in [4.69, 9.17) is 4.74 Å². The highest BCUT2D eigenvalue weighted by Crippen LogP contribution is 2.29.